The molecule has 1 saturated carbocycles. The molecule has 1 aliphatic rings. The van der Waals surface area contributed by atoms with Crippen molar-refractivity contribution in [1.29, 1.82) is 0 Å². The lowest BCUT2D eigenvalue weighted by atomic mass is 10.2. The molecule has 1 aliphatic carbocycles. The van der Waals surface area contributed by atoms with Crippen LogP contribution in [0, 0.1) is 0 Å². The molecule has 0 aromatic carbocycles. The highest BCUT2D eigenvalue weighted by molar-refractivity contribution is 5.78. The largest absolute Gasteiger partial charge is 0.395 e. The van der Waals surface area contributed by atoms with Gasteiger partial charge in [0.15, 0.2) is 0 Å². The van der Waals surface area contributed by atoms with E-state index in [1.54, 1.807) is 4.90 Å². The van der Waals surface area contributed by atoms with Crippen molar-refractivity contribution in [2.24, 2.45) is 5.73 Å². The van der Waals surface area contributed by atoms with Crippen molar-refractivity contribution in [3.8, 4) is 0 Å². The predicted octanol–water partition coefficient (Wildman–Crippen LogP) is -0.291. The quantitative estimate of drug-likeness (QED) is 0.634. The molecule has 1 amide bonds. The van der Waals surface area contributed by atoms with Crippen LogP contribution >= 0.6 is 0 Å². The topological polar surface area (TPSA) is 66.6 Å². The summed E-state index contributed by atoms with van der Waals surface area (Å²) < 4.78 is 0. The summed E-state index contributed by atoms with van der Waals surface area (Å²) in [6.07, 6.45) is 4.49. The number of nitrogens with zero attached hydrogens (tertiary/aromatic N) is 1. The molecule has 4 nitrogen and oxygen atoms in total. The number of carbonyl (C=O) groups is 1. The van der Waals surface area contributed by atoms with Crippen LogP contribution in [0.2, 0.25) is 0 Å². The van der Waals surface area contributed by atoms with Crippen molar-refractivity contribution in [2.45, 2.75) is 31.7 Å². The number of carbonyl (C=O) groups excluding carboxylic acids is 1. The Balaban J connectivity index is 2.49. The molecular weight excluding hydrogens is 168 g/mol. The number of aliphatic hydroxyl groups is 1. The van der Waals surface area contributed by atoms with Crippen LogP contribution in [-0.2, 0) is 4.79 Å². The lowest BCUT2D eigenvalue weighted by Crippen LogP contribution is -2.43. The van der Waals surface area contributed by atoms with Crippen molar-refractivity contribution in [2.75, 3.05) is 19.7 Å². The van der Waals surface area contributed by atoms with Gasteiger partial charge in [0.2, 0.25) is 5.91 Å². The Labute approximate surface area is 78.7 Å². The summed E-state index contributed by atoms with van der Waals surface area (Å²) in [5.74, 6) is -0.0408. The molecule has 0 aliphatic heterocycles. The third-order valence-corrected chi connectivity index (χ3v) is 2.60. The van der Waals surface area contributed by atoms with Gasteiger partial charge in [0.25, 0.3) is 0 Å². The Morgan fingerprint density at radius 3 is 2.54 bits per heavy atom. The number of hydrogen-bond acceptors (Lipinski definition) is 3. The van der Waals surface area contributed by atoms with Crippen LogP contribution in [0.4, 0.5) is 0 Å². The van der Waals surface area contributed by atoms with Crippen molar-refractivity contribution < 1.29 is 9.90 Å². The molecule has 1 rings (SSSR count). The van der Waals surface area contributed by atoms with E-state index in [-0.39, 0.29) is 19.1 Å². The van der Waals surface area contributed by atoms with Gasteiger partial charge in [-0.3, -0.25) is 4.79 Å². The second-order valence-corrected chi connectivity index (χ2v) is 3.45. The lowest BCUT2D eigenvalue weighted by Gasteiger charge is -2.27. The molecular formula is C9H18N2O2. The Hall–Kier alpha value is -0.610. The van der Waals surface area contributed by atoms with Crippen LogP contribution in [0.25, 0.3) is 0 Å². The molecule has 0 atom stereocenters. The minimum Gasteiger partial charge on any atom is -0.395 e. The lowest BCUT2D eigenvalue weighted by molar-refractivity contribution is -0.132. The van der Waals surface area contributed by atoms with Gasteiger partial charge in [0, 0.05) is 12.6 Å². The normalized spacial score (nSPS) is 17.7. The van der Waals surface area contributed by atoms with E-state index < -0.39 is 0 Å². The third kappa shape index (κ3) is 2.67. The van der Waals surface area contributed by atoms with Crippen molar-refractivity contribution >= 4 is 5.91 Å². The Morgan fingerprint density at radius 2 is 2.08 bits per heavy atom. The molecule has 0 aromatic heterocycles. The maximum absolute atomic E-state index is 11.4. The molecule has 0 unspecified atom stereocenters. The first-order chi connectivity index (χ1) is 6.29. The monoisotopic (exact) mass is 186 g/mol. The van der Waals surface area contributed by atoms with Gasteiger partial charge in [-0.05, 0) is 12.8 Å². The first-order valence-corrected chi connectivity index (χ1v) is 4.90. The summed E-state index contributed by atoms with van der Waals surface area (Å²) in [4.78, 5) is 13.1. The van der Waals surface area contributed by atoms with Crippen LogP contribution in [0.15, 0.2) is 0 Å². The van der Waals surface area contributed by atoms with Gasteiger partial charge < -0.3 is 15.7 Å². The highest BCUT2D eigenvalue weighted by atomic mass is 16.3. The fourth-order valence-corrected chi connectivity index (χ4v) is 1.95. The van der Waals surface area contributed by atoms with Crippen LogP contribution in [0.1, 0.15) is 25.7 Å². The zero-order valence-corrected chi connectivity index (χ0v) is 7.91. The summed E-state index contributed by atoms with van der Waals surface area (Å²) in [7, 11) is 0. The smallest absolute Gasteiger partial charge is 0.236 e. The van der Waals surface area contributed by atoms with E-state index >= 15 is 0 Å². The summed E-state index contributed by atoms with van der Waals surface area (Å²) in [6.45, 7) is 0.513. The van der Waals surface area contributed by atoms with E-state index in [1.165, 1.54) is 12.8 Å². The van der Waals surface area contributed by atoms with E-state index in [9.17, 15) is 4.79 Å². The number of rotatable bonds is 4. The molecule has 4 heteroatoms. The minimum atomic E-state index is -0.0408. The molecule has 13 heavy (non-hydrogen) atoms. The fourth-order valence-electron chi connectivity index (χ4n) is 1.95. The third-order valence-electron chi connectivity index (χ3n) is 2.60. The molecule has 0 radical (unpaired) electrons. The predicted molar refractivity (Wildman–Crippen MR) is 50.1 cm³/mol. The van der Waals surface area contributed by atoms with Gasteiger partial charge in [0.05, 0.1) is 13.2 Å². The fraction of sp³-hybridized carbons (Fsp3) is 0.889. The summed E-state index contributed by atoms with van der Waals surface area (Å²) in [5.41, 5.74) is 5.30. The van der Waals surface area contributed by atoms with Gasteiger partial charge in [-0.2, -0.15) is 0 Å². The van der Waals surface area contributed by atoms with Gasteiger partial charge in [-0.1, -0.05) is 12.8 Å². The number of aliphatic hydroxyl groups excluding tert-OH is 1. The van der Waals surface area contributed by atoms with E-state index in [2.05, 4.69) is 0 Å². The first-order valence-electron chi connectivity index (χ1n) is 4.90. The van der Waals surface area contributed by atoms with E-state index in [4.69, 9.17) is 10.8 Å². The highest BCUT2D eigenvalue weighted by Crippen LogP contribution is 2.23. The minimum absolute atomic E-state index is 0.0300. The van der Waals surface area contributed by atoms with E-state index in [0.717, 1.165) is 12.8 Å². The van der Waals surface area contributed by atoms with Crippen molar-refractivity contribution in [3.63, 3.8) is 0 Å². The summed E-state index contributed by atoms with van der Waals surface area (Å²) in [6, 6.07) is 0.322. The van der Waals surface area contributed by atoms with Crippen molar-refractivity contribution in [3.05, 3.63) is 0 Å². The molecule has 0 bridgehead atoms. The zero-order chi connectivity index (χ0) is 9.68. The maximum atomic E-state index is 11.4. The van der Waals surface area contributed by atoms with Crippen LogP contribution in [0.5, 0.6) is 0 Å². The first kappa shape index (κ1) is 10.5. The molecule has 76 valence electrons. The highest BCUT2D eigenvalue weighted by Gasteiger charge is 2.24. The second kappa shape index (κ2) is 5.19. The molecule has 0 heterocycles. The molecule has 1 fully saturated rings. The Morgan fingerprint density at radius 1 is 1.46 bits per heavy atom. The van der Waals surface area contributed by atoms with Crippen LogP contribution < -0.4 is 5.73 Å². The van der Waals surface area contributed by atoms with E-state index in [0.29, 0.717) is 12.6 Å². The Bertz CT molecular complexity index is 167. The number of amides is 1. The van der Waals surface area contributed by atoms with Gasteiger partial charge >= 0.3 is 0 Å². The summed E-state index contributed by atoms with van der Waals surface area (Å²) >= 11 is 0. The van der Waals surface area contributed by atoms with Crippen LogP contribution in [0.3, 0.4) is 0 Å². The van der Waals surface area contributed by atoms with Gasteiger partial charge in [-0.25, -0.2) is 0 Å². The molecule has 0 spiro atoms. The summed E-state index contributed by atoms with van der Waals surface area (Å²) in [5, 5.41) is 8.81. The number of nitrogens with two attached hydrogens (primary N) is 1. The Kier molecular flexibility index (Phi) is 4.18. The molecule has 0 saturated heterocycles. The number of hydrogen-bond donors (Lipinski definition) is 2. The maximum Gasteiger partial charge on any atom is 0.236 e. The van der Waals surface area contributed by atoms with Crippen molar-refractivity contribution in [1.82, 2.24) is 4.90 Å². The SMILES string of the molecule is NCC(=O)N(CCO)C1CCCC1. The average molecular weight is 186 g/mol. The molecule has 0 aromatic rings. The van der Waals surface area contributed by atoms with Crippen LogP contribution in [-0.4, -0.2) is 41.7 Å². The second-order valence-electron chi connectivity index (χ2n) is 3.45. The zero-order valence-electron chi connectivity index (χ0n) is 7.91. The molecule has 3 N–H and O–H groups in total. The van der Waals surface area contributed by atoms with E-state index in [1.807, 2.05) is 0 Å². The van der Waals surface area contributed by atoms with Gasteiger partial charge in [-0.15, -0.1) is 0 Å². The average Bonchev–Trinajstić information content (AvgIpc) is 2.65. The standard InChI is InChI=1S/C9H18N2O2/c10-7-9(13)11(5-6-12)8-3-1-2-4-8/h8,12H,1-7,10H2. The van der Waals surface area contributed by atoms with Gasteiger partial charge in [0.1, 0.15) is 0 Å².